The number of nitro groups is 1. The van der Waals surface area contributed by atoms with Gasteiger partial charge in [-0.1, -0.05) is 19.1 Å². The maximum absolute atomic E-state index is 11.2. The summed E-state index contributed by atoms with van der Waals surface area (Å²) in [5.74, 6) is 0.769. The van der Waals surface area contributed by atoms with E-state index in [0.717, 1.165) is 12.2 Å². The topological polar surface area (TPSA) is 96.7 Å². The molecule has 0 heterocycles. The molecule has 2 aromatic rings. The molecule has 0 saturated heterocycles. The zero-order chi connectivity index (χ0) is 18.9. The number of ether oxygens (including phenoxy) is 1. The van der Waals surface area contributed by atoms with Crippen LogP contribution in [0.15, 0.2) is 42.5 Å². The SMILES string of the molecule is CCc1ccc(OCCNc2cc(NCC(C)O)ccc2[N+](=O)[O-])cc1. The molecule has 26 heavy (non-hydrogen) atoms. The Labute approximate surface area is 153 Å². The summed E-state index contributed by atoms with van der Waals surface area (Å²) in [6.07, 6.45) is 0.472. The maximum atomic E-state index is 11.2. The maximum Gasteiger partial charge on any atom is 0.292 e. The molecule has 2 aromatic carbocycles. The molecule has 1 unspecified atom stereocenters. The third-order valence-electron chi connectivity index (χ3n) is 3.81. The van der Waals surface area contributed by atoms with Gasteiger partial charge in [0.25, 0.3) is 5.69 Å². The van der Waals surface area contributed by atoms with Crippen LogP contribution in [-0.4, -0.2) is 35.8 Å². The van der Waals surface area contributed by atoms with Gasteiger partial charge in [0, 0.05) is 24.8 Å². The minimum Gasteiger partial charge on any atom is -0.492 e. The van der Waals surface area contributed by atoms with Crippen molar-refractivity contribution in [2.75, 3.05) is 30.3 Å². The first-order chi connectivity index (χ1) is 12.5. The molecular formula is C19H25N3O4. The van der Waals surface area contributed by atoms with Gasteiger partial charge in [-0.2, -0.15) is 0 Å². The van der Waals surface area contributed by atoms with E-state index in [-0.39, 0.29) is 5.69 Å². The van der Waals surface area contributed by atoms with Gasteiger partial charge in [-0.05, 0) is 43.2 Å². The Morgan fingerprint density at radius 3 is 2.54 bits per heavy atom. The first kappa shape index (κ1) is 19.5. The Hall–Kier alpha value is -2.80. The van der Waals surface area contributed by atoms with Gasteiger partial charge < -0.3 is 20.5 Å². The molecule has 7 heteroatoms. The standard InChI is InChI=1S/C19H25N3O4/c1-3-15-4-7-17(8-5-15)26-11-10-20-18-12-16(21-13-14(2)23)6-9-19(18)22(24)25/h4-9,12,14,20-21,23H,3,10-11,13H2,1-2H3. The zero-order valence-corrected chi connectivity index (χ0v) is 15.1. The van der Waals surface area contributed by atoms with Gasteiger partial charge in [0.1, 0.15) is 18.0 Å². The van der Waals surface area contributed by atoms with Gasteiger partial charge in [0.2, 0.25) is 0 Å². The third-order valence-corrected chi connectivity index (χ3v) is 3.81. The molecule has 1 atom stereocenters. The van der Waals surface area contributed by atoms with Crippen LogP contribution < -0.4 is 15.4 Å². The van der Waals surface area contributed by atoms with Gasteiger partial charge in [0.05, 0.1) is 11.0 Å². The summed E-state index contributed by atoms with van der Waals surface area (Å²) in [6, 6.07) is 12.6. The van der Waals surface area contributed by atoms with E-state index in [1.165, 1.54) is 11.6 Å². The number of aryl methyl sites for hydroxylation is 1. The second kappa shape index (κ2) is 9.62. The van der Waals surface area contributed by atoms with Crippen LogP contribution in [0.4, 0.5) is 17.1 Å². The summed E-state index contributed by atoms with van der Waals surface area (Å²) < 4.78 is 5.66. The lowest BCUT2D eigenvalue weighted by Gasteiger charge is -2.12. The van der Waals surface area contributed by atoms with Crippen molar-refractivity contribution < 1.29 is 14.8 Å². The Balaban J connectivity index is 1.93. The van der Waals surface area contributed by atoms with E-state index in [2.05, 4.69) is 17.6 Å². The predicted octanol–water partition coefficient (Wildman–Crippen LogP) is 3.44. The molecule has 0 aliphatic rings. The Morgan fingerprint density at radius 2 is 1.92 bits per heavy atom. The summed E-state index contributed by atoms with van der Waals surface area (Å²) in [6.45, 7) is 4.94. The molecule has 0 amide bonds. The fourth-order valence-corrected chi connectivity index (χ4v) is 2.39. The lowest BCUT2D eigenvalue weighted by molar-refractivity contribution is -0.383. The fraction of sp³-hybridized carbons (Fsp3) is 0.368. The van der Waals surface area contributed by atoms with Crippen LogP contribution in [0.1, 0.15) is 19.4 Å². The quantitative estimate of drug-likeness (QED) is 0.342. The van der Waals surface area contributed by atoms with Gasteiger partial charge in [-0.15, -0.1) is 0 Å². The number of aliphatic hydroxyl groups excluding tert-OH is 1. The van der Waals surface area contributed by atoms with Gasteiger partial charge in [0.15, 0.2) is 0 Å². The monoisotopic (exact) mass is 359 g/mol. The van der Waals surface area contributed by atoms with Crippen molar-refractivity contribution in [3.63, 3.8) is 0 Å². The van der Waals surface area contributed by atoms with Crippen LogP contribution in [-0.2, 0) is 6.42 Å². The molecule has 0 aromatic heterocycles. The fourth-order valence-electron chi connectivity index (χ4n) is 2.39. The highest BCUT2D eigenvalue weighted by atomic mass is 16.6. The molecular weight excluding hydrogens is 334 g/mol. The van der Waals surface area contributed by atoms with Crippen LogP contribution in [0.2, 0.25) is 0 Å². The van der Waals surface area contributed by atoms with Crippen LogP contribution in [0.25, 0.3) is 0 Å². The van der Waals surface area contributed by atoms with Crippen molar-refractivity contribution in [2.24, 2.45) is 0 Å². The summed E-state index contributed by atoms with van der Waals surface area (Å²) in [4.78, 5) is 10.8. The lowest BCUT2D eigenvalue weighted by atomic mass is 10.2. The third kappa shape index (κ3) is 5.93. The number of aliphatic hydroxyl groups is 1. The van der Waals surface area contributed by atoms with Crippen molar-refractivity contribution >= 4 is 17.1 Å². The second-order valence-corrected chi connectivity index (χ2v) is 5.99. The molecule has 0 aliphatic heterocycles. The molecule has 7 nitrogen and oxygen atoms in total. The number of nitro benzene ring substituents is 1. The molecule has 0 aliphatic carbocycles. The molecule has 0 saturated carbocycles. The Morgan fingerprint density at radius 1 is 1.19 bits per heavy atom. The average Bonchev–Trinajstić information content (AvgIpc) is 2.64. The van der Waals surface area contributed by atoms with E-state index in [4.69, 9.17) is 4.74 Å². The summed E-state index contributed by atoms with van der Waals surface area (Å²) in [5.41, 5.74) is 2.36. The van der Waals surface area contributed by atoms with E-state index in [0.29, 0.717) is 31.1 Å². The van der Waals surface area contributed by atoms with Gasteiger partial charge >= 0.3 is 0 Å². The first-order valence-corrected chi connectivity index (χ1v) is 8.65. The summed E-state index contributed by atoms with van der Waals surface area (Å²) in [5, 5.41) is 26.6. The average molecular weight is 359 g/mol. The number of hydrogen-bond acceptors (Lipinski definition) is 6. The number of nitrogens with zero attached hydrogens (tertiary/aromatic N) is 1. The smallest absolute Gasteiger partial charge is 0.292 e. The van der Waals surface area contributed by atoms with Crippen molar-refractivity contribution in [3.05, 3.63) is 58.1 Å². The van der Waals surface area contributed by atoms with Crippen molar-refractivity contribution in [3.8, 4) is 5.75 Å². The van der Waals surface area contributed by atoms with E-state index in [1.54, 1.807) is 19.1 Å². The number of anilines is 2. The van der Waals surface area contributed by atoms with Crippen molar-refractivity contribution in [1.82, 2.24) is 0 Å². The number of hydrogen-bond donors (Lipinski definition) is 3. The minimum atomic E-state index is -0.505. The largest absolute Gasteiger partial charge is 0.492 e. The van der Waals surface area contributed by atoms with Crippen molar-refractivity contribution in [2.45, 2.75) is 26.4 Å². The molecule has 0 bridgehead atoms. The predicted molar refractivity (Wildman–Crippen MR) is 103 cm³/mol. The summed E-state index contributed by atoms with van der Waals surface area (Å²) in [7, 11) is 0. The van der Waals surface area contributed by atoms with E-state index in [1.807, 2.05) is 24.3 Å². The Bertz CT molecular complexity index is 717. The van der Waals surface area contributed by atoms with E-state index < -0.39 is 11.0 Å². The van der Waals surface area contributed by atoms with Crippen LogP contribution in [0, 0.1) is 10.1 Å². The van der Waals surface area contributed by atoms with Crippen LogP contribution in [0.3, 0.4) is 0 Å². The van der Waals surface area contributed by atoms with Crippen molar-refractivity contribution in [1.29, 1.82) is 0 Å². The first-order valence-electron chi connectivity index (χ1n) is 8.65. The van der Waals surface area contributed by atoms with Crippen LogP contribution >= 0.6 is 0 Å². The highest BCUT2D eigenvalue weighted by Crippen LogP contribution is 2.27. The second-order valence-electron chi connectivity index (χ2n) is 5.99. The molecule has 0 radical (unpaired) electrons. The summed E-state index contributed by atoms with van der Waals surface area (Å²) >= 11 is 0. The molecule has 140 valence electrons. The highest BCUT2D eigenvalue weighted by Gasteiger charge is 2.14. The zero-order valence-electron chi connectivity index (χ0n) is 15.1. The number of rotatable bonds is 10. The van der Waals surface area contributed by atoms with Gasteiger partial charge in [-0.3, -0.25) is 10.1 Å². The Kier molecular flexibility index (Phi) is 7.23. The minimum absolute atomic E-state index is 0.0000966. The van der Waals surface area contributed by atoms with E-state index >= 15 is 0 Å². The number of nitrogens with one attached hydrogen (secondary N) is 2. The normalized spacial score (nSPS) is 11.7. The number of benzene rings is 2. The molecule has 0 spiro atoms. The van der Waals surface area contributed by atoms with Crippen LogP contribution in [0.5, 0.6) is 5.75 Å². The molecule has 0 fully saturated rings. The molecule has 3 N–H and O–H groups in total. The van der Waals surface area contributed by atoms with E-state index in [9.17, 15) is 15.2 Å². The molecule has 2 rings (SSSR count). The highest BCUT2D eigenvalue weighted by molar-refractivity contribution is 5.68. The van der Waals surface area contributed by atoms with Gasteiger partial charge in [-0.25, -0.2) is 0 Å². The lowest BCUT2D eigenvalue weighted by Crippen LogP contribution is -2.16.